The zero-order valence-electron chi connectivity index (χ0n) is 8.67. The molecular weight excluding hydrogens is 268 g/mol. The first-order valence-electron chi connectivity index (χ1n) is 4.86. The summed E-state index contributed by atoms with van der Waals surface area (Å²) in [6.45, 7) is 0.309. The van der Waals surface area contributed by atoms with Gasteiger partial charge in [0.2, 0.25) is 10.0 Å². The Morgan fingerprint density at radius 2 is 2.12 bits per heavy atom. The van der Waals surface area contributed by atoms with E-state index in [1.807, 2.05) is 0 Å². The monoisotopic (exact) mass is 276 g/mol. The van der Waals surface area contributed by atoms with Crippen LogP contribution in [-0.4, -0.2) is 25.6 Å². The van der Waals surface area contributed by atoms with Crippen molar-refractivity contribution in [3.63, 3.8) is 0 Å². The fourth-order valence-corrected chi connectivity index (χ4v) is 3.56. The first-order valence-corrected chi connectivity index (χ1v) is 6.85. The molecule has 0 amide bonds. The number of nitrogens with zero attached hydrogens (tertiary/aromatic N) is 2. The zero-order chi connectivity index (χ0) is 12.6. The van der Waals surface area contributed by atoms with Gasteiger partial charge in [-0.15, -0.1) is 0 Å². The number of nitro benzene ring substituents is 1. The molecule has 0 aliphatic carbocycles. The minimum absolute atomic E-state index is 0.0476. The number of anilines is 1. The molecule has 1 aromatic rings. The highest BCUT2D eigenvalue weighted by molar-refractivity contribution is 7.93. The Kier molecular flexibility index (Phi) is 2.96. The Morgan fingerprint density at radius 3 is 2.65 bits per heavy atom. The predicted octanol–water partition coefficient (Wildman–Crippen LogP) is 1.79. The van der Waals surface area contributed by atoms with Gasteiger partial charge in [-0.2, -0.15) is 0 Å². The molecule has 2 rings (SSSR count). The normalized spacial score (nSPS) is 18.3. The second-order valence-corrected chi connectivity index (χ2v) is 6.05. The van der Waals surface area contributed by atoms with Gasteiger partial charge in [-0.1, -0.05) is 11.6 Å². The molecule has 17 heavy (non-hydrogen) atoms. The van der Waals surface area contributed by atoms with Crippen LogP contribution in [0.4, 0.5) is 11.4 Å². The van der Waals surface area contributed by atoms with Crippen molar-refractivity contribution in [2.75, 3.05) is 16.6 Å². The summed E-state index contributed by atoms with van der Waals surface area (Å²) >= 11 is 5.88. The van der Waals surface area contributed by atoms with Crippen LogP contribution in [0.25, 0.3) is 0 Å². The molecule has 1 saturated heterocycles. The molecule has 0 N–H and O–H groups in total. The molecular formula is C9H9ClN2O4S. The quantitative estimate of drug-likeness (QED) is 0.609. The molecule has 0 radical (unpaired) electrons. The molecule has 1 aromatic carbocycles. The Morgan fingerprint density at radius 1 is 1.41 bits per heavy atom. The molecule has 0 saturated carbocycles. The van der Waals surface area contributed by atoms with Crippen LogP contribution in [-0.2, 0) is 10.0 Å². The highest BCUT2D eigenvalue weighted by Crippen LogP contribution is 2.33. The molecule has 1 fully saturated rings. The van der Waals surface area contributed by atoms with E-state index in [2.05, 4.69) is 0 Å². The second-order valence-electron chi connectivity index (χ2n) is 3.63. The lowest BCUT2D eigenvalue weighted by Crippen LogP contribution is -2.25. The van der Waals surface area contributed by atoms with Crippen molar-refractivity contribution < 1.29 is 13.3 Å². The number of sulfonamides is 1. The van der Waals surface area contributed by atoms with E-state index >= 15 is 0 Å². The average Bonchev–Trinajstić information content (AvgIpc) is 2.58. The predicted molar refractivity (Wildman–Crippen MR) is 63.9 cm³/mol. The smallest absolute Gasteiger partial charge is 0.268 e. The summed E-state index contributed by atoms with van der Waals surface area (Å²) in [5.41, 5.74) is 0.00451. The van der Waals surface area contributed by atoms with Crippen LogP contribution in [0, 0.1) is 10.1 Å². The van der Waals surface area contributed by atoms with E-state index in [0.29, 0.717) is 13.0 Å². The van der Waals surface area contributed by atoms with E-state index in [4.69, 9.17) is 11.6 Å². The Labute approximate surface area is 103 Å². The van der Waals surface area contributed by atoms with Gasteiger partial charge in [0.05, 0.1) is 21.4 Å². The number of non-ortho nitro benzene ring substituents is 1. The molecule has 6 nitrogen and oxygen atoms in total. The van der Waals surface area contributed by atoms with Gasteiger partial charge in [-0.25, -0.2) is 8.42 Å². The van der Waals surface area contributed by atoms with Gasteiger partial charge in [-0.3, -0.25) is 14.4 Å². The van der Waals surface area contributed by atoms with Crippen molar-refractivity contribution in [2.24, 2.45) is 0 Å². The van der Waals surface area contributed by atoms with Gasteiger partial charge in [0.1, 0.15) is 0 Å². The Bertz CT molecular complexity index is 572. The summed E-state index contributed by atoms with van der Waals surface area (Å²) in [6.07, 6.45) is 0.501. The standard InChI is InChI=1S/C9H9ClN2O4S/c10-8-3-2-7(12(13)14)6-9(8)11-4-1-5-17(11,15)16/h2-3,6H,1,4-5H2. The van der Waals surface area contributed by atoms with Crippen molar-refractivity contribution in [1.82, 2.24) is 0 Å². The van der Waals surface area contributed by atoms with Crippen LogP contribution >= 0.6 is 11.6 Å². The molecule has 0 aromatic heterocycles. The van der Waals surface area contributed by atoms with Crippen molar-refractivity contribution in [2.45, 2.75) is 6.42 Å². The SMILES string of the molecule is O=[N+]([O-])c1ccc(Cl)c(N2CCCS2(=O)=O)c1. The lowest BCUT2D eigenvalue weighted by atomic mass is 10.2. The molecule has 1 aliphatic heterocycles. The number of nitro groups is 1. The number of rotatable bonds is 2. The third kappa shape index (κ3) is 2.20. The molecule has 8 heteroatoms. The molecule has 0 spiro atoms. The topological polar surface area (TPSA) is 80.5 Å². The van der Waals surface area contributed by atoms with Crippen LogP contribution < -0.4 is 4.31 Å². The molecule has 0 atom stereocenters. The molecule has 0 unspecified atom stereocenters. The highest BCUT2D eigenvalue weighted by atomic mass is 35.5. The molecule has 92 valence electrons. The van der Waals surface area contributed by atoms with Gasteiger partial charge in [-0.05, 0) is 12.5 Å². The summed E-state index contributed by atoms with van der Waals surface area (Å²) in [4.78, 5) is 10.1. The number of halogens is 1. The summed E-state index contributed by atoms with van der Waals surface area (Å²) < 4.78 is 24.5. The van der Waals surface area contributed by atoms with Gasteiger partial charge in [0.15, 0.2) is 0 Å². The summed E-state index contributed by atoms with van der Waals surface area (Å²) in [6, 6.07) is 3.77. The second kappa shape index (κ2) is 4.15. The summed E-state index contributed by atoms with van der Waals surface area (Å²) in [5, 5.41) is 10.8. The minimum Gasteiger partial charge on any atom is -0.268 e. The largest absolute Gasteiger partial charge is 0.271 e. The molecule has 1 heterocycles. The number of benzene rings is 1. The van der Waals surface area contributed by atoms with Crippen LogP contribution in [0.3, 0.4) is 0 Å². The average molecular weight is 277 g/mol. The van der Waals surface area contributed by atoms with Gasteiger partial charge >= 0.3 is 0 Å². The number of hydrogen-bond acceptors (Lipinski definition) is 4. The maximum Gasteiger partial charge on any atom is 0.271 e. The highest BCUT2D eigenvalue weighted by Gasteiger charge is 2.30. The van der Waals surface area contributed by atoms with E-state index in [1.165, 1.54) is 18.2 Å². The van der Waals surface area contributed by atoms with Crippen LogP contribution in [0.1, 0.15) is 6.42 Å². The lowest BCUT2D eigenvalue weighted by Gasteiger charge is -2.17. The van der Waals surface area contributed by atoms with E-state index in [1.54, 1.807) is 0 Å². The minimum atomic E-state index is -3.38. The summed E-state index contributed by atoms with van der Waals surface area (Å²) in [5.74, 6) is 0.0476. The van der Waals surface area contributed by atoms with Crippen molar-refractivity contribution >= 4 is 33.0 Å². The fourth-order valence-electron chi connectivity index (χ4n) is 1.72. The van der Waals surface area contributed by atoms with E-state index < -0.39 is 14.9 Å². The Hall–Kier alpha value is -1.34. The Balaban J connectivity index is 2.51. The van der Waals surface area contributed by atoms with Crippen LogP contribution in [0.2, 0.25) is 5.02 Å². The van der Waals surface area contributed by atoms with Gasteiger partial charge in [0, 0.05) is 18.7 Å². The summed E-state index contributed by atoms with van der Waals surface area (Å²) in [7, 11) is -3.38. The van der Waals surface area contributed by atoms with Crippen molar-refractivity contribution in [1.29, 1.82) is 0 Å². The molecule has 0 bridgehead atoms. The van der Waals surface area contributed by atoms with Gasteiger partial charge < -0.3 is 0 Å². The van der Waals surface area contributed by atoms with Crippen LogP contribution in [0.15, 0.2) is 18.2 Å². The first-order chi connectivity index (χ1) is 7.92. The first kappa shape index (κ1) is 12.1. The van der Waals surface area contributed by atoms with E-state index in [9.17, 15) is 18.5 Å². The maximum absolute atomic E-state index is 11.7. The lowest BCUT2D eigenvalue weighted by molar-refractivity contribution is -0.384. The number of hydrogen-bond donors (Lipinski definition) is 0. The van der Waals surface area contributed by atoms with Crippen molar-refractivity contribution in [3.05, 3.63) is 33.3 Å². The van der Waals surface area contributed by atoms with Crippen LogP contribution in [0.5, 0.6) is 0 Å². The fraction of sp³-hybridized carbons (Fsp3) is 0.333. The van der Waals surface area contributed by atoms with E-state index in [0.717, 1.165) is 4.31 Å². The maximum atomic E-state index is 11.7. The van der Waals surface area contributed by atoms with Gasteiger partial charge in [0.25, 0.3) is 5.69 Å². The van der Waals surface area contributed by atoms with Crippen molar-refractivity contribution in [3.8, 4) is 0 Å². The third-order valence-corrected chi connectivity index (χ3v) is 4.68. The molecule has 1 aliphatic rings. The zero-order valence-corrected chi connectivity index (χ0v) is 10.2. The third-order valence-electron chi connectivity index (χ3n) is 2.51. The van der Waals surface area contributed by atoms with E-state index in [-0.39, 0.29) is 22.2 Å².